The van der Waals surface area contributed by atoms with Crippen molar-refractivity contribution in [2.24, 2.45) is 5.73 Å². The number of carbonyl (C=O) groups is 1. The van der Waals surface area contributed by atoms with Crippen LogP contribution in [0.1, 0.15) is 49.5 Å². The molecule has 0 fully saturated rings. The van der Waals surface area contributed by atoms with Crippen molar-refractivity contribution < 1.29 is 13.2 Å². The van der Waals surface area contributed by atoms with Crippen molar-refractivity contribution in [2.75, 3.05) is 12.3 Å². The highest BCUT2D eigenvalue weighted by Gasteiger charge is 2.21. The Hall–Kier alpha value is -1.44. The van der Waals surface area contributed by atoms with Crippen molar-refractivity contribution in [1.82, 2.24) is 10.0 Å². The van der Waals surface area contributed by atoms with Gasteiger partial charge in [0.25, 0.3) is 5.91 Å². The first-order valence-electron chi connectivity index (χ1n) is 7.88. The van der Waals surface area contributed by atoms with Crippen LogP contribution in [0.3, 0.4) is 0 Å². The Labute approximate surface area is 138 Å². The zero-order valence-electron chi connectivity index (χ0n) is 14.1. The van der Waals surface area contributed by atoms with Gasteiger partial charge in [-0.15, -0.1) is 0 Å². The molecule has 6 nitrogen and oxygen atoms in total. The molecule has 23 heavy (non-hydrogen) atoms. The quantitative estimate of drug-likeness (QED) is 0.631. The van der Waals surface area contributed by atoms with E-state index in [0.717, 1.165) is 18.4 Å². The van der Waals surface area contributed by atoms with E-state index in [-0.39, 0.29) is 23.7 Å². The molecule has 0 heterocycles. The van der Waals surface area contributed by atoms with Crippen LogP contribution in [0.4, 0.5) is 0 Å². The Morgan fingerprint density at radius 3 is 2.17 bits per heavy atom. The predicted molar refractivity (Wildman–Crippen MR) is 92.6 cm³/mol. The number of carbonyl (C=O) groups excluding carboxylic acids is 1. The normalized spacial score (nSPS) is 12.2. The van der Waals surface area contributed by atoms with Gasteiger partial charge in [0.1, 0.15) is 0 Å². The molecule has 7 heteroatoms. The van der Waals surface area contributed by atoms with E-state index in [2.05, 4.69) is 10.0 Å². The molecule has 0 spiro atoms. The lowest BCUT2D eigenvalue weighted by Gasteiger charge is -2.26. The molecule has 0 saturated heterocycles. The highest BCUT2D eigenvalue weighted by atomic mass is 32.2. The largest absolute Gasteiger partial charge is 0.350 e. The van der Waals surface area contributed by atoms with Crippen molar-refractivity contribution in [2.45, 2.75) is 45.7 Å². The number of amides is 1. The summed E-state index contributed by atoms with van der Waals surface area (Å²) in [5.74, 6) is -0.133. The third-order valence-electron chi connectivity index (χ3n) is 4.10. The van der Waals surface area contributed by atoms with Crippen molar-refractivity contribution >= 4 is 15.9 Å². The van der Waals surface area contributed by atoms with Crippen LogP contribution < -0.4 is 15.8 Å². The topological polar surface area (TPSA) is 101 Å². The number of nitrogens with two attached hydrogens (primary N) is 1. The summed E-state index contributed by atoms with van der Waals surface area (Å²) in [5.41, 5.74) is 7.11. The molecule has 0 aliphatic carbocycles. The van der Waals surface area contributed by atoms with Crippen molar-refractivity contribution in [3.8, 4) is 0 Å². The van der Waals surface area contributed by atoms with Gasteiger partial charge in [0.05, 0.1) is 5.75 Å². The number of nitrogens with one attached hydrogen (secondary N) is 2. The van der Waals surface area contributed by atoms with Gasteiger partial charge in [0.15, 0.2) is 0 Å². The third kappa shape index (κ3) is 6.29. The van der Waals surface area contributed by atoms with Gasteiger partial charge in [-0.25, -0.2) is 13.1 Å². The highest BCUT2D eigenvalue weighted by molar-refractivity contribution is 7.89. The Morgan fingerprint density at radius 1 is 1.13 bits per heavy atom. The predicted octanol–water partition coefficient (Wildman–Crippen LogP) is 1.37. The van der Waals surface area contributed by atoms with Crippen molar-refractivity contribution in [1.29, 1.82) is 0 Å². The van der Waals surface area contributed by atoms with E-state index in [0.29, 0.717) is 12.1 Å². The van der Waals surface area contributed by atoms with Gasteiger partial charge >= 0.3 is 0 Å². The number of hydrogen-bond acceptors (Lipinski definition) is 4. The molecule has 1 aromatic rings. The van der Waals surface area contributed by atoms with E-state index in [9.17, 15) is 13.2 Å². The second kappa shape index (κ2) is 8.42. The summed E-state index contributed by atoms with van der Waals surface area (Å²) in [6.07, 6.45) is 1.58. The van der Waals surface area contributed by atoms with Crippen LogP contribution in [0.2, 0.25) is 0 Å². The van der Waals surface area contributed by atoms with Gasteiger partial charge in [-0.3, -0.25) is 4.79 Å². The minimum Gasteiger partial charge on any atom is -0.350 e. The molecule has 1 amide bonds. The minimum atomic E-state index is -3.22. The zero-order valence-corrected chi connectivity index (χ0v) is 14.9. The maximum atomic E-state index is 12.1. The molecule has 0 aromatic heterocycles. The van der Waals surface area contributed by atoms with Gasteiger partial charge in [-0.2, -0.15) is 0 Å². The third-order valence-corrected chi connectivity index (χ3v) is 5.45. The maximum absolute atomic E-state index is 12.1. The summed E-state index contributed by atoms with van der Waals surface area (Å²) in [6.45, 7) is 6.23. The molecule has 0 radical (unpaired) electrons. The second-order valence-corrected chi connectivity index (χ2v) is 7.77. The molecule has 0 aliphatic heterocycles. The monoisotopic (exact) mass is 341 g/mol. The van der Waals surface area contributed by atoms with Crippen LogP contribution in [-0.4, -0.2) is 32.2 Å². The molecule has 0 atom stereocenters. The van der Waals surface area contributed by atoms with Gasteiger partial charge in [0.2, 0.25) is 10.0 Å². The molecule has 1 aromatic carbocycles. The number of benzene rings is 1. The Kier molecular flexibility index (Phi) is 7.18. The molecule has 1 rings (SSSR count). The lowest BCUT2D eigenvalue weighted by atomic mass is 9.94. The molecule has 4 N–H and O–H groups in total. The average molecular weight is 341 g/mol. The minimum absolute atomic E-state index is 0.0448. The second-order valence-electron chi connectivity index (χ2n) is 5.67. The van der Waals surface area contributed by atoms with Gasteiger partial charge < -0.3 is 11.1 Å². The molecular formula is C16H27N3O3S. The summed E-state index contributed by atoms with van der Waals surface area (Å²) in [4.78, 5) is 12.1. The van der Waals surface area contributed by atoms with E-state index in [4.69, 9.17) is 5.73 Å². The number of hydrogen-bond donors (Lipinski definition) is 3. The van der Waals surface area contributed by atoms with Gasteiger partial charge in [-0.1, -0.05) is 26.0 Å². The van der Waals surface area contributed by atoms with Crippen LogP contribution >= 0.6 is 0 Å². The first-order chi connectivity index (χ1) is 10.7. The van der Waals surface area contributed by atoms with Gasteiger partial charge in [0, 0.05) is 24.2 Å². The molecule has 0 unspecified atom stereocenters. The van der Waals surface area contributed by atoms with Crippen LogP contribution in [0.15, 0.2) is 24.3 Å². The SMILES string of the molecule is CCC(N)(CC)CNC(=O)c1ccc(CNS(=O)(=O)CC)cc1. The summed E-state index contributed by atoms with van der Waals surface area (Å²) >= 11 is 0. The Bertz CT molecular complexity index is 608. The molecule has 130 valence electrons. The van der Waals surface area contributed by atoms with Crippen molar-refractivity contribution in [3.05, 3.63) is 35.4 Å². The maximum Gasteiger partial charge on any atom is 0.251 e. The summed E-state index contributed by atoms with van der Waals surface area (Å²) < 4.78 is 25.3. The zero-order chi connectivity index (χ0) is 17.5. The van der Waals surface area contributed by atoms with E-state index in [1.165, 1.54) is 0 Å². The summed E-state index contributed by atoms with van der Waals surface area (Å²) in [5, 5.41) is 2.85. The first-order valence-corrected chi connectivity index (χ1v) is 9.54. The summed E-state index contributed by atoms with van der Waals surface area (Å²) in [7, 11) is -3.22. The Balaban J connectivity index is 2.61. The lowest BCUT2D eigenvalue weighted by Crippen LogP contribution is -2.49. The summed E-state index contributed by atoms with van der Waals surface area (Å²) in [6, 6.07) is 6.84. The fourth-order valence-electron chi connectivity index (χ4n) is 1.93. The van der Waals surface area contributed by atoms with Crippen LogP contribution in [-0.2, 0) is 16.6 Å². The number of rotatable bonds is 9. The molecule has 0 aliphatic rings. The molecule has 0 bridgehead atoms. The van der Waals surface area contributed by atoms with Crippen molar-refractivity contribution in [3.63, 3.8) is 0 Å². The van der Waals surface area contributed by atoms with Crippen LogP contribution in [0.5, 0.6) is 0 Å². The van der Waals surface area contributed by atoms with E-state index in [1.54, 1.807) is 31.2 Å². The van der Waals surface area contributed by atoms with E-state index < -0.39 is 10.0 Å². The first kappa shape index (κ1) is 19.6. The average Bonchev–Trinajstić information content (AvgIpc) is 2.58. The fraction of sp³-hybridized carbons (Fsp3) is 0.562. The lowest BCUT2D eigenvalue weighted by molar-refractivity contribution is 0.0942. The fourth-order valence-corrected chi connectivity index (χ4v) is 2.52. The van der Waals surface area contributed by atoms with Gasteiger partial charge in [-0.05, 0) is 37.5 Å². The molecule has 0 saturated carbocycles. The smallest absolute Gasteiger partial charge is 0.251 e. The van der Waals surface area contributed by atoms with E-state index >= 15 is 0 Å². The Morgan fingerprint density at radius 2 is 1.70 bits per heavy atom. The van der Waals surface area contributed by atoms with Crippen LogP contribution in [0.25, 0.3) is 0 Å². The standard InChI is InChI=1S/C16H27N3O3S/c1-4-16(17,5-2)12-18-15(20)14-9-7-13(8-10-14)11-19-23(21,22)6-3/h7-10,19H,4-6,11-12,17H2,1-3H3,(H,18,20). The van der Waals surface area contributed by atoms with E-state index in [1.807, 2.05) is 13.8 Å². The highest BCUT2D eigenvalue weighted by Crippen LogP contribution is 2.10. The molecular weight excluding hydrogens is 314 g/mol. The van der Waals surface area contributed by atoms with Crippen LogP contribution in [0, 0.1) is 0 Å². The number of sulfonamides is 1.